The third-order valence-corrected chi connectivity index (χ3v) is 13.3. The van der Waals surface area contributed by atoms with E-state index in [0.29, 0.717) is 5.92 Å². The monoisotopic (exact) mass is 731 g/mol. The Hall–Kier alpha value is -6.44. The van der Waals surface area contributed by atoms with Gasteiger partial charge in [-0.2, -0.15) is 0 Å². The molecule has 1 nitrogen and oxygen atoms in total. The van der Waals surface area contributed by atoms with Gasteiger partial charge in [-0.15, -0.1) is 0 Å². The molecule has 0 N–H and O–H groups in total. The first-order valence-corrected chi connectivity index (χ1v) is 20.6. The lowest BCUT2D eigenvalue weighted by Gasteiger charge is -2.36. The first-order chi connectivity index (χ1) is 28.0. The normalized spacial score (nSPS) is 17.5. The minimum atomic E-state index is -0.488. The molecule has 4 aliphatic rings. The number of fused-ring (bicyclic) bond motifs is 7. The second-order valence-corrected chi connectivity index (χ2v) is 16.6. The van der Waals surface area contributed by atoms with Crippen LogP contribution in [0.5, 0.6) is 0 Å². The molecule has 57 heavy (non-hydrogen) atoms. The lowest BCUT2D eigenvalue weighted by atomic mass is 9.67. The van der Waals surface area contributed by atoms with Gasteiger partial charge in [-0.1, -0.05) is 184 Å². The number of benzene rings is 7. The third kappa shape index (κ3) is 5.01. The van der Waals surface area contributed by atoms with Crippen molar-refractivity contribution in [2.24, 2.45) is 0 Å². The summed E-state index contributed by atoms with van der Waals surface area (Å²) in [5, 5.41) is 2.69. The molecule has 0 spiro atoms. The molecule has 1 heteroatoms. The fourth-order valence-electron chi connectivity index (χ4n) is 10.6. The molecule has 0 aromatic heterocycles. The highest BCUT2D eigenvalue weighted by Crippen LogP contribution is 2.58. The Morgan fingerprint density at radius 2 is 1.14 bits per heavy atom. The van der Waals surface area contributed by atoms with Gasteiger partial charge in [0.1, 0.15) is 0 Å². The maximum atomic E-state index is 2.63. The number of hydrogen-bond donors (Lipinski definition) is 0. The Morgan fingerprint density at radius 3 is 1.84 bits per heavy atom. The number of allylic oxidation sites excluding steroid dienone is 3. The van der Waals surface area contributed by atoms with Gasteiger partial charge in [0.05, 0.1) is 11.1 Å². The van der Waals surface area contributed by atoms with Crippen LogP contribution in [0.1, 0.15) is 78.0 Å². The van der Waals surface area contributed by atoms with Crippen LogP contribution < -0.4 is 15.3 Å². The highest BCUT2D eigenvalue weighted by molar-refractivity contribution is 5.95. The highest BCUT2D eigenvalue weighted by atomic mass is 15.2. The van der Waals surface area contributed by atoms with Gasteiger partial charge >= 0.3 is 0 Å². The molecule has 0 saturated heterocycles. The minimum absolute atomic E-state index is 0.128. The van der Waals surface area contributed by atoms with E-state index in [1.807, 2.05) is 0 Å². The van der Waals surface area contributed by atoms with Crippen molar-refractivity contribution in [3.63, 3.8) is 0 Å². The van der Waals surface area contributed by atoms with E-state index in [0.717, 1.165) is 19.3 Å². The molecule has 0 heterocycles. The maximum absolute atomic E-state index is 2.63. The van der Waals surface area contributed by atoms with Crippen LogP contribution in [-0.2, 0) is 10.8 Å². The molecule has 1 atom stereocenters. The van der Waals surface area contributed by atoms with Crippen molar-refractivity contribution in [1.29, 1.82) is 0 Å². The van der Waals surface area contributed by atoms with Crippen molar-refractivity contribution in [2.75, 3.05) is 4.90 Å². The smallest absolute Gasteiger partial charge is 0.0714 e. The summed E-state index contributed by atoms with van der Waals surface area (Å²) in [5.74, 6) is 0.338. The summed E-state index contributed by atoms with van der Waals surface area (Å²) >= 11 is 0. The van der Waals surface area contributed by atoms with Crippen LogP contribution >= 0.6 is 0 Å². The van der Waals surface area contributed by atoms with E-state index in [1.165, 1.54) is 88.7 Å². The molecule has 4 aliphatic carbocycles. The summed E-state index contributed by atoms with van der Waals surface area (Å²) in [6.45, 7) is 4.82. The number of nitrogens with zero attached hydrogens (tertiary/aromatic N) is 1. The van der Waals surface area contributed by atoms with Crippen molar-refractivity contribution < 1.29 is 0 Å². The van der Waals surface area contributed by atoms with Gasteiger partial charge in [0.2, 0.25) is 0 Å². The summed E-state index contributed by atoms with van der Waals surface area (Å²) in [5.41, 5.74) is 17.8. The Bertz CT molecular complexity index is 2860. The zero-order valence-electron chi connectivity index (χ0n) is 32.6. The number of hydrogen-bond acceptors (Lipinski definition) is 1. The van der Waals surface area contributed by atoms with Gasteiger partial charge in [0.15, 0.2) is 0 Å². The minimum Gasteiger partial charge on any atom is -0.310 e. The predicted molar refractivity (Wildman–Crippen MR) is 238 cm³/mol. The Labute approximate surface area is 336 Å². The molecule has 0 amide bonds. The molecule has 7 aromatic carbocycles. The summed E-state index contributed by atoms with van der Waals surface area (Å²) < 4.78 is 0. The van der Waals surface area contributed by atoms with Gasteiger partial charge in [0, 0.05) is 33.5 Å². The Kier molecular flexibility index (Phi) is 7.76. The van der Waals surface area contributed by atoms with Crippen LogP contribution in [-0.4, -0.2) is 0 Å². The molecule has 0 fully saturated rings. The van der Waals surface area contributed by atoms with E-state index >= 15 is 0 Å². The summed E-state index contributed by atoms with van der Waals surface area (Å²) in [6.07, 6.45) is 15.3. The fraction of sp³-hybridized carbons (Fsp3) is 0.143. The summed E-state index contributed by atoms with van der Waals surface area (Å²) in [6, 6.07) is 61.4. The van der Waals surface area contributed by atoms with Gasteiger partial charge in [-0.25, -0.2) is 0 Å². The Balaban J connectivity index is 1.22. The Morgan fingerprint density at radius 1 is 0.526 bits per heavy atom. The zero-order valence-corrected chi connectivity index (χ0v) is 32.6. The number of rotatable bonds is 6. The molecule has 7 aromatic rings. The molecule has 0 radical (unpaired) electrons. The van der Waals surface area contributed by atoms with E-state index in [2.05, 4.69) is 213 Å². The predicted octanol–water partition coefficient (Wildman–Crippen LogP) is 12.5. The molecular formula is C56H45N. The van der Waals surface area contributed by atoms with Crippen LogP contribution in [0.25, 0.3) is 34.4 Å². The molecule has 1 unspecified atom stereocenters. The molecular weight excluding hydrogens is 687 g/mol. The second-order valence-electron chi connectivity index (χ2n) is 16.6. The van der Waals surface area contributed by atoms with E-state index in [4.69, 9.17) is 0 Å². The average molecular weight is 732 g/mol. The van der Waals surface area contributed by atoms with Crippen molar-refractivity contribution in [3.8, 4) is 22.3 Å². The van der Waals surface area contributed by atoms with E-state index < -0.39 is 5.41 Å². The zero-order chi connectivity index (χ0) is 38.1. The summed E-state index contributed by atoms with van der Waals surface area (Å²) in [4.78, 5) is 2.63. The van der Waals surface area contributed by atoms with Gasteiger partial charge in [-0.3, -0.25) is 0 Å². The quantitative estimate of drug-likeness (QED) is 0.165. The first kappa shape index (κ1) is 33.9. The second kappa shape index (κ2) is 13.1. The van der Waals surface area contributed by atoms with Crippen LogP contribution in [0.15, 0.2) is 188 Å². The van der Waals surface area contributed by atoms with Crippen LogP contribution in [0, 0.1) is 0 Å². The summed E-state index contributed by atoms with van der Waals surface area (Å²) in [7, 11) is 0. The van der Waals surface area contributed by atoms with Crippen LogP contribution in [0.4, 0.5) is 11.4 Å². The molecule has 0 aliphatic heterocycles. The van der Waals surface area contributed by atoms with Crippen LogP contribution in [0.3, 0.4) is 0 Å². The van der Waals surface area contributed by atoms with E-state index in [-0.39, 0.29) is 5.41 Å². The van der Waals surface area contributed by atoms with Crippen molar-refractivity contribution in [1.82, 2.24) is 0 Å². The van der Waals surface area contributed by atoms with E-state index in [1.54, 1.807) is 0 Å². The lowest BCUT2D eigenvalue weighted by molar-refractivity contribution is 0.659. The van der Waals surface area contributed by atoms with Crippen molar-refractivity contribution in [3.05, 3.63) is 237 Å². The van der Waals surface area contributed by atoms with Gasteiger partial charge < -0.3 is 4.90 Å². The first-order valence-electron chi connectivity index (χ1n) is 20.6. The molecule has 0 bridgehead atoms. The largest absolute Gasteiger partial charge is 0.310 e. The lowest BCUT2D eigenvalue weighted by Crippen LogP contribution is -2.36. The average Bonchev–Trinajstić information content (AvgIpc) is 3.70. The van der Waals surface area contributed by atoms with Gasteiger partial charge in [0.25, 0.3) is 0 Å². The SMILES string of the molecule is CC1(C)c2ccccc2-c2c1cc1c(c2N(C2=CCC(c3ccccc3)C=C2)c2ccc3c(c2)C(c2ccccc2)(c2ccccc2)c2ccccc2-3)=CCCC=1. The molecule has 0 saturated carbocycles. The standard InChI is InChI=1S/C56H45N/c1-55(2)49-28-16-15-27-48(49)53-52(55)36-40-20-12-13-25-45(40)54(53)57(43-32-30-39(31-33-43)38-18-6-3-7-19-38)44-34-35-47-46-26-14-17-29-50(46)56(51(47)37-44,41-21-8-4-9-22-41)42-23-10-5-11-24-42/h3-11,14-30,32-37,39H,12-13,31H2,1-2H3. The van der Waals surface area contributed by atoms with Crippen molar-refractivity contribution in [2.45, 2.75) is 49.9 Å². The number of anilines is 2. The maximum Gasteiger partial charge on any atom is 0.0714 e. The van der Waals surface area contributed by atoms with Crippen LogP contribution in [0.2, 0.25) is 0 Å². The third-order valence-electron chi connectivity index (χ3n) is 13.3. The molecule has 274 valence electrons. The topological polar surface area (TPSA) is 3.24 Å². The van der Waals surface area contributed by atoms with Gasteiger partial charge in [-0.05, 0) is 104 Å². The fourth-order valence-corrected chi connectivity index (χ4v) is 10.6. The molecule has 11 rings (SSSR count). The highest BCUT2D eigenvalue weighted by Gasteiger charge is 2.47. The van der Waals surface area contributed by atoms with E-state index in [9.17, 15) is 0 Å². The van der Waals surface area contributed by atoms with Crippen molar-refractivity contribution >= 4 is 23.5 Å².